The maximum absolute atomic E-state index is 13.5. The lowest BCUT2D eigenvalue weighted by atomic mass is 10.0. The molecule has 0 aromatic carbocycles. The van der Waals surface area contributed by atoms with Gasteiger partial charge in [-0.25, -0.2) is 18.4 Å². The van der Waals surface area contributed by atoms with Crippen LogP contribution in [0.2, 0.25) is 0 Å². The van der Waals surface area contributed by atoms with Crippen molar-refractivity contribution in [3.63, 3.8) is 0 Å². The fourth-order valence-corrected chi connectivity index (χ4v) is 5.08. The number of pyridine rings is 1. The summed E-state index contributed by atoms with van der Waals surface area (Å²) in [4.78, 5) is 23.3. The van der Waals surface area contributed by atoms with E-state index in [0.29, 0.717) is 12.0 Å². The summed E-state index contributed by atoms with van der Waals surface area (Å²) in [6.07, 6.45) is 4.17. The monoisotopic (exact) mass is 533 g/mol. The first-order valence-electron chi connectivity index (χ1n) is 12.2. The highest BCUT2D eigenvalue weighted by Gasteiger charge is 2.36. The van der Waals surface area contributed by atoms with Crippen LogP contribution in [0.25, 0.3) is 0 Å². The number of likely N-dealkylation sites (N-methyl/N-ethyl adjacent to an activating group) is 1. The highest BCUT2D eigenvalue weighted by Crippen LogP contribution is 2.28. The van der Waals surface area contributed by atoms with Gasteiger partial charge >= 0.3 is 0 Å². The first kappa shape index (κ1) is 28.6. The van der Waals surface area contributed by atoms with Crippen LogP contribution in [-0.4, -0.2) is 93.3 Å². The molecule has 3 rings (SSSR count). The molecule has 37 heavy (non-hydrogen) atoms. The van der Waals surface area contributed by atoms with Gasteiger partial charge < -0.3 is 24.4 Å². The van der Waals surface area contributed by atoms with Gasteiger partial charge in [0.05, 0.1) is 25.5 Å². The molecule has 1 aliphatic rings. The molecule has 202 valence electrons. The number of carbonyl (C=O) groups is 1. The molecule has 0 saturated heterocycles. The lowest BCUT2D eigenvalue weighted by Gasteiger charge is -2.37. The molecule has 12 heteroatoms. The Kier molecular flexibility index (Phi) is 9.31. The Morgan fingerprint density at radius 2 is 2.08 bits per heavy atom. The zero-order valence-corrected chi connectivity index (χ0v) is 22.6. The molecule has 1 aliphatic heterocycles. The molecule has 2 aromatic heterocycles. The van der Waals surface area contributed by atoms with E-state index in [0.717, 1.165) is 6.42 Å². The van der Waals surface area contributed by atoms with Crippen LogP contribution in [0.5, 0.6) is 5.88 Å². The fraction of sp³-hybridized carbons (Fsp3) is 0.560. The quantitative estimate of drug-likeness (QED) is 0.477. The minimum Gasteiger partial charge on any atom is -0.472 e. The second-order valence-corrected chi connectivity index (χ2v) is 11.4. The van der Waals surface area contributed by atoms with Crippen LogP contribution in [0.15, 0.2) is 29.8 Å². The number of sulfonamides is 1. The molecule has 0 aliphatic carbocycles. The van der Waals surface area contributed by atoms with Crippen molar-refractivity contribution in [1.82, 2.24) is 23.7 Å². The van der Waals surface area contributed by atoms with Crippen molar-refractivity contribution in [3.8, 4) is 17.7 Å². The Bertz CT molecular complexity index is 1270. The maximum atomic E-state index is 13.5. The highest BCUT2D eigenvalue weighted by molar-refractivity contribution is 7.89. The number of amides is 1. The van der Waals surface area contributed by atoms with Crippen LogP contribution in [0.1, 0.15) is 49.5 Å². The first-order valence-corrected chi connectivity index (χ1v) is 13.6. The fourth-order valence-electron chi connectivity index (χ4n) is 3.93. The second-order valence-electron chi connectivity index (χ2n) is 9.44. The van der Waals surface area contributed by atoms with Gasteiger partial charge in [-0.1, -0.05) is 32.1 Å². The SMILES string of the molecule is CCCC(O)C#Cc1cnc2c(c1)C(=O)N([C@H](C)CO)C[C@H](C)[C@H](CN(C)S(=O)(=O)c1cn(C)cn1)O2. The Hall–Kier alpha value is -2.98. The Morgan fingerprint density at radius 1 is 1.35 bits per heavy atom. The van der Waals surface area contributed by atoms with E-state index in [1.807, 2.05) is 13.8 Å². The van der Waals surface area contributed by atoms with Gasteiger partial charge in [0.25, 0.3) is 15.9 Å². The third-order valence-electron chi connectivity index (χ3n) is 6.26. The van der Waals surface area contributed by atoms with Crippen LogP contribution in [-0.2, 0) is 17.1 Å². The molecule has 3 heterocycles. The summed E-state index contributed by atoms with van der Waals surface area (Å²) in [7, 11) is -0.736. The van der Waals surface area contributed by atoms with Crippen LogP contribution in [0.4, 0.5) is 0 Å². The molecule has 4 atom stereocenters. The number of aliphatic hydroxyl groups is 2. The number of nitrogens with zero attached hydrogens (tertiary/aromatic N) is 5. The Balaban J connectivity index is 1.97. The molecule has 1 amide bonds. The van der Waals surface area contributed by atoms with E-state index in [1.165, 1.54) is 35.0 Å². The van der Waals surface area contributed by atoms with Gasteiger partial charge in [0, 0.05) is 44.5 Å². The molecule has 0 radical (unpaired) electrons. The topological polar surface area (TPSA) is 138 Å². The second kappa shape index (κ2) is 12.0. The van der Waals surface area contributed by atoms with Crippen LogP contribution in [0.3, 0.4) is 0 Å². The van der Waals surface area contributed by atoms with Crippen molar-refractivity contribution < 1.29 is 28.2 Å². The number of rotatable bonds is 8. The molecule has 2 N–H and O–H groups in total. The zero-order chi connectivity index (χ0) is 27.3. The summed E-state index contributed by atoms with van der Waals surface area (Å²) in [5.74, 6) is 4.99. The van der Waals surface area contributed by atoms with E-state index < -0.39 is 28.3 Å². The lowest BCUT2D eigenvalue weighted by molar-refractivity contribution is 0.0373. The molecule has 0 fully saturated rings. The summed E-state index contributed by atoms with van der Waals surface area (Å²) < 4.78 is 35.0. The van der Waals surface area contributed by atoms with Gasteiger partial charge in [-0.05, 0) is 19.4 Å². The van der Waals surface area contributed by atoms with Crippen LogP contribution in [0, 0.1) is 17.8 Å². The van der Waals surface area contributed by atoms with Gasteiger partial charge in [0.2, 0.25) is 5.88 Å². The smallest absolute Gasteiger partial charge is 0.261 e. The van der Waals surface area contributed by atoms with Crippen molar-refractivity contribution >= 4 is 15.9 Å². The number of imidazole rings is 1. The standard InChI is InChI=1S/C25H35N5O6S/c1-6-7-20(32)9-8-19-10-21-24(26-11-19)36-22(17(2)12-30(25(21)33)18(3)15-31)13-29(5)37(34,35)23-14-28(4)16-27-23/h10-11,14,16-18,20,22,31-32H,6-7,12-13,15H2,1-5H3/t17-,18+,20?,22-/m0/s1. The Labute approximate surface area is 218 Å². The van der Waals surface area contributed by atoms with Crippen molar-refractivity contribution in [2.75, 3.05) is 26.7 Å². The maximum Gasteiger partial charge on any atom is 0.261 e. The number of aliphatic hydroxyl groups excluding tert-OH is 2. The number of fused-ring (bicyclic) bond motifs is 1. The average Bonchev–Trinajstić information content (AvgIpc) is 3.31. The minimum atomic E-state index is -3.87. The van der Waals surface area contributed by atoms with E-state index >= 15 is 0 Å². The predicted molar refractivity (Wildman–Crippen MR) is 136 cm³/mol. The van der Waals surface area contributed by atoms with Crippen LogP contribution < -0.4 is 4.74 Å². The predicted octanol–water partition coefficient (Wildman–Crippen LogP) is 0.868. The lowest BCUT2D eigenvalue weighted by Crippen LogP contribution is -2.50. The van der Waals surface area contributed by atoms with E-state index in [9.17, 15) is 23.4 Å². The largest absolute Gasteiger partial charge is 0.472 e. The van der Waals surface area contributed by atoms with Crippen molar-refractivity contribution in [1.29, 1.82) is 0 Å². The molecule has 2 aromatic rings. The van der Waals surface area contributed by atoms with Gasteiger partial charge in [-0.15, -0.1) is 0 Å². The van der Waals surface area contributed by atoms with E-state index in [-0.39, 0.29) is 48.0 Å². The number of aryl methyl sites for hydroxylation is 1. The third-order valence-corrected chi connectivity index (χ3v) is 7.97. The molecule has 11 nitrogen and oxygen atoms in total. The highest BCUT2D eigenvalue weighted by atomic mass is 32.2. The van der Waals surface area contributed by atoms with Gasteiger partial charge in [0.1, 0.15) is 17.8 Å². The first-order chi connectivity index (χ1) is 17.5. The van der Waals surface area contributed by atoms with E-state index in [4.69, 9.17) is 4.74 Å². The summed E-state index contributed by atoms with van der Waals surface area (Å²) in [6.45, 7) is 5.51. The normalized spacial score (nSPS) is 19.8. The average molecular weight is 534 g/mol. The van der Waals surface area contributed by atoms with E-state index in [1.54, 1.807) is 24.6 Å². The molecule has 1 unspecified atom stereocenters. The summed E-state index contributed by atoms with van der Waals surface area (Å²) in [5, 5.41) is 19.7. The number of ether oxygens (including phenoxy) is 1. The number of aromatic nitrogens is 3. The van der Waals surface area contributed by atoms with Crippen molar-refractivity contribution in [2.24, 2.45) is 13.0 Å². The Morgan fingerprint density at radius 3 is 2.70 bits per heavy atom. The summed E-state index contributed by atoms with van der Waals surface area (Å²) >= 11 is 0. The van der Waals surface area contributed by atoms with Gasteiger partial charge in [-0.3, -0.25) is 4.79 Å². The van der Waals surface area contributed by atoms with Crippen molar-refractivity contribution in [3.05, 3.63) is 35.9 Å². The van der Waals surface area contributed by atoms with Gasteiger partial charge in [0.15, 0.2) is 5.03 Å². The minimum absolute atomic E-state index is 0.0124. The number of hydrogen-bond donors (Lipinski definition) is 2. The van der Waals surface area contributed by atoms with E-state index in [2.05, 4.69) is 21.8 Å². The van der Waals surface area contributed by atoms with Crippen LogP contribution >= 0.6 is 0 Å². The third kappa shape index (κ3) is 6.67. The van der Waals surface area contributed by atoms with Crippen molar-refractivity contribution in [2.45, 2.75) is 56.9 Å². The molecular weight excluding hydrogens is 498 g/mol. The molecular formula is C25H35N5O6S. The zero-order valence-electron chi connectivity index (χ0n) is 21.8. The molecule has 0 saturated carbocycles. The number of hydrogen-bond acceptors (Lipinski definition) is 8. The molecule has 0 bridgehead atoms. The number of carbonyl (C=O) groups excluding carboxylic acids is 1. The summed E-state index contributed by atoms with van der Waals surface area (Å²) in [6, 6.07) is 1.06. The molecule has 0 spiro atoms. The summed E-state index contributed by atoms with van der Waals surface area (Å²) in [5.41, 5.74) is 0.590. The van der Waals surface area contributed by atoms with Gasteiger partial charge in [-0.2, -0.15) is 4.31 Å².